The number of nitrogens with zero attached hydrogens (tertiary/aromatic N) is 3. The second-order valence-corrected chi connectivity index (χ2v) is 11.2. The van der Waals surface area contributed by atoms with Gasteiger partial charge in [0, 0.05) is 50.1 Å². The van der Waals surface area contributed by atoms with Crippen molar-refractivity contribution in [2.75, 3.05) is 32.7 Å². The summed E-state index contributed by atoms with van der Waals surface area (Å²) < 4.78 is 5.62. The van der Waals surface area contributed by atoms with E-state index in [0.29, 0.717) is 18.9 Å². The van der Waals surface area contributed by atoms with Crippen LogP contribution in [0, 0.1) is 5.92 Å². The number of piperidine rings is 1. The van der Waals surface area contributed by atoms with Crippen LogP contribution in [0.2, 0.25) is 0 Å². The van der Waals surface area contributed by atoms with E-state index in [1.165, 1.54) is 10.4 Å². The van der Waals surface area contributed by atoms with Crippen LogP contribution in [-0.4, -0.2) is 71.1 Å². The largest absolute Gasteiger partial charge is 0.444 e. The minimum absolute atomic E-state index is 0.105. The lowest BCUT2D eigenvalue weighted by atomic mass is 9.96. The molecule has 1 aromatic rings. The summed E-state index contributed by atoms with van der Waals surface area (Å²) in [4.78, 5) is 33.1. The Morgan fingerprint density at radius 3 is 2.77 bits per heavy atom. The summed E-state index contributed by atoms with van der Waals surface area (Å²) in [5, 5.41) is 2.13. The number of hydrogen-bond acceptors (Lipinski definition) is 5. The molecule has 0 spiro atoms. The fraction of sp³-hybridized carbons (Fsp3) is 0.750. The van der Waals surface area contributed by atoms with Gasteiger partial charge in [-0.2, -0.15) is 0 Å². The van der Waals surface area contributed by atoms with Gasteiger partial charge in [-0.15, -0.1) is 11.3 Å². The van der Waals surface area contributed by atoms with E-state index in [9.17, 15) is 9.59 Å². The molecule has 1 aromatic heterocycles. The second-order valence-electron chi connectivity index (χ2n) is 10.2. The summed E-state index contributed by atoms with van der Waals surface area (Å²) in [5.74, 6) is 0.679. The maximum absolute atomic E-state index is 12.8. The fourth-order valence-electron chi connectivity index (χ4n) is 4.47. The highest BCUT2D eigenvalue weighted by molar-refractivity contribution is 7.10. The molecule has 2 aliphatic heterocycles. The second kappa shape index (κ2) is 10.3. The van der Waals surface area contributed by atoms with E-state index in [0.717, 1.165) is 52.0 Å². The lowest BCUT2D eigenvalue weighted by molar-refractivity contribution is -0.132. The average molecular weight is 450 g/mol. The molecule has 1 saturated heterocycles. The van der Waals surface area contributed by atoms with Crippen molar-refractivity contribution in [3.05, 3.63) is 21.9 Å². The molecule has 3 rings (SSSR count). The Morgan fingerprint density at radius 2 is 2.06 bits per heavy atom. The molecule has 2 aliphatic rings. The highest BCUT2D eigenvalue weighted by atomic mass is 32.1. The fourth-order valence-corrected chi connectivity index (χ4v) is 5.36. The molecule has 0 aliphatic carbocycles. The first-order valence-corrected chi connectivity index (χ1v) is 12.6. The number of thiophene rings is 1. The smallest absolute Gasteiger partial charge is 0.410 e. The summed E-state index contributed by atoms with van der Waals surface area (Å²) in [5.41, 5.74) is 0.833. The molecule has 0 bridgehead atoms. The summed E-state index contributed by atoms with van der Waals surface area (Å²) in [6.45, 7) is 14.9. The van der Waals surface area contributed by atoms with E-state index in [1.807, 2.05) is 44.4 Å². The lowest BCUT2D eigenvalue weighted by Gasteiger charge is -2.37. The van der Waals surface area contributed by atoms with Crippen molar-refractivity contribution >= 4 is 23.3 Å². The average Bonchev–Trinajstić information content (AvgIpc) is 3.16. The van der Waals surface area contributed by atoms with E-state index in [1.54, 1.807) is 11.3 Å². The van der Waals surface area contributed by atoms with Crippen LogP contribution in [-0.2, 0) is 22.5 Å². The number of rotatable bonds is 6. The molecular weight excluding hydrogens is 410 g/mol. The van der Waals surface area contributed by atoms with Crippen molar-refractivity contribution in [3.8, 4) is 0 Å². The third kappa shape index (κ3) is 6.94. The van der Waals surface area contributed by atoms with Gasteiger partial charge in [-0.05, 0) is 83.4 Å². The van der Waals surface area contributed by atoms with Crippen molar-refractivity contribution < 1.29 is 14.3 Å². The molecule has 0 radical (unpaired) electrons. The summed E-state index contributed by atoms with van der Waals surface area (Å²) in [7, 11) is 0. The first-order chi connectivity index (χ1) is 14.6. The molecule has 7 heteroatoms. The Balaban J connectivity index is 1.47. The predicted octanol–water partition coefficient (Wildman–Crippen LogP) is 4.38. The van der Waals surface area contributed by atoms with Gasteiger partial charge in [0.25, 0.3) is 0 Å². The molecule has 174 valence electrons. The molecule has 1 unspecified atom stereocenters. The Bertz CT molecular complexity index is 755. The van der Waals surface area contributed by atoms with E-state index in [4.69, 9.17) is 4.74 Å². The molecule has 0 aromatic carbocycles. The molecule has 0 N–H and O–H groups in total. The molecule has 31 heavy (non-hydrogen) atoms. The van der Waals surface area contributed by atoms with Crippen LogP contribution in [0.3, 0.4) is 0 Å². The SMILES string of the molecule is CC(C)N(CC1CCCN(CCC(=O)N2CCc3sccc3C2)C1)C(=O)OC(C)(C)C. The van der Waals surface area contributed by atoms with Gasteiger partial charge >= 0.3 is 6.09 Å². The maximum atomic E-state index is 12.8. The predicted molar refractivity (Wildman–Crippen MR) is 125 cm³/mol. The van der Waals surface area contributed by atoms with Crippen LogP contribution in [0.25, 0.3) is 0 Å². The summed E-state index contributed by atoms with van der Waals surface area (Å²) in [6, 6.07) is 2.26. The van der Waals surface area contributed by atoms with Gasteiger partial charge in [-0.3, -0.25) is 4.79 Å². The molecule has 0 saturated carbocycles. The van der Waals surface area contributed by atoms with Crippen LogP contribution in [0.5, 0.6) is 0 Å². The minimum atomic E-state index is -0.485. The van der Waals surface area contributed by atoms with Crippen molar-refractivity contribution in [1.29, 1.82) is 0 Å². The van der Waals surface area contributed by atoms with Crippen LogP contribution in [0.4, 0.5) is 4.79 Å². The van der Waals surface area contributed by atoms with E-state index in [-0.39, 0.29) is 18.0 Å². The lowest BCUT2D eigenvalue weighted by Crippen LogP contribution is -2.47. The number of likely N-dealkylation sites (tertiary alicyclic amines) is 1. The normalized spacial score (nSPS) is 19.9. The van der Waals surface area contributed by atoms with Gasteiger partial charge < -0.3 is 19.4 Å². The zero-order valence-electron chi connectivity index (χ0n) is 19.9. The topological polar surface area (TPSA) is 53.1 Å². The quantitative estimate of drug-likeness (QED) is 0.647. The van der Waals surface area contributed by atoms with E-state index in [2.05, 4.69) is 16.3 Å². The number of carbonyl (C=O) groups is 2. The Morgan fingerprint density at radius 1 is 1.29 bits per heavy atom. The highest BCUT2D eigenvalue weighted by Crippen LogP contribution is 2.25. The van der Waals surface area contributed by atoms with Crippen molar-refractivity contribution in [1.82, 2.24) is 14.7 Å². The summed E-state index contributed by atoms with van der Waals surface area (Å²) in [6.07, 6.45) is 3.56. The van der Waals surface area contributed by atoms with Crippen LogP contribution >= 0.6 is 11.3 Å². The van der Waals surface area contributed by atoms with Gasteiger partial charge in [-0.1, -0.05) is 0 Å². The zero-order valence-corrected chi connectivity index (χ0v) is 20.7. The summed E-state index contributed by atoms with van der Waals surface area (Å²) >= 11 is 1.80. The van der Waals surface area contributed by atoms with Crippen molar-refractivity contribution in [3.63, 3.8) is 0 Å². The van der Waals surface area contributed by atoms with Crippen LogP contribution in [0.1, 0.15) is 64.3 Å². The van der Waals surface area contributed by atoms with Crippen molar-refractivity contribution in [2.45, 2.75) is 78.5 Å². The Kier molecular flexibility index (Phi) is 8.03. The Hall–Kier alpha value is -1.60. The van der Waals surface area contributed by atoms with Gasteiger partial charge in [0.2, 0.25) is 5.91 Å². The molecule has 1 atom stereocenters. The number of amides is 2. The minimum Gasteiger partial charge on any atom is -0.444 e. The zero-order chi connectivity index (χ0) is 22.6. The maximum Gasteiger partial charge on any atom is 0.410 e. The highest BCUT2D eigenvalue weighted by Gasteiger charge is 2.29. The first-order valence-electron chi connectivity index (χ1n) is 11.7. The van der Waals surface area contributed by atoms with Gasteiger partial charge in [-0.25, -0.2) is 4.79 Å². The molecule has 1 fully saturated rings. The van der Waals surface area contributed by atoms with Gasteiger partial charge in [0.15, 0.2) is 0 Å². The monoisotopic (exact) mass is 449 g/mol. The third-order valence-corrected chi connectivity index (χ3v) is 7.13. The van der Waals surface area contributed by atoms with Crippen LogP contribution in [0.15, 0.2) is 11.4 Å². The standard InChI is InChI=1S/C24H39N3O3S/c1-18(2)27(23(29)30-24(3,4)5)16-19-7-6-11-25(15-19)12-9-22(28)26-13-8-21-20(17-26)10-14-31-21/h10,14,18-19H,6-9,11-13,15-17H2,1-5H3. The first kappa shape index (κ1) is 24.1. The third-order valence-electron chi connectivity index (χ3n) is 6.11. The van der Waals surface area contributed by atoms with Gasteiger partial charge in [0.05, 0.1) is 0 Å². The van der Waals surface area contributed by atoms with Gasteiger partial charge in [0.1, 0.15) is 5.60 Å². The van der Waals surface area contributed by atoms with E-state index >= 15 is 0 Å². The number of fused-ring (bicyclic) bond motifs is 1. The van der Waals surface area contributed by atoms with Crippen LogP contribution < -0.4 is 0 Å². The molecule has 2 amide bonds. The number of hydrogen-bond donors (Lipinski definition) is 0. The molecular formula is C24H39N3O3S. The molecule has 6 nitrogen and oxygen atoms in total. The Labute approximate surface area is 191 Å². The van der Waals surface area contributed by atoms with Crippen molar-refractivity contribution in [2.24, 2.45) is 5.92 Å². The molecule has 3 heterocycles. The number of ether oxygens (including phenoxy) is 1. The van der Waals surface area contributed by atoms with E-state index < -0.39 is 5.60 Å². The number of carbonyl (C=O) groups excluding carboxylic acids is 2.